The molecule has 2 aromatic heterocycles. The molecule has 7 aromatic rings. The summed E-state index contributed by atoms with van der Waals surface area (Å²) in [6.07, 6.45) is 0. The zero-order valence-electron chi connectivity index (χ0n) is 17.3. The molecule has 0 saturated heterocycles. The van der Waals surface area contributed by atoms with Crippen LogP contribution in [-0.4, -0.2) is 16.9 Å². The Morgan fingerprint density at radius 1 is 0.469 bits per heavy atom. The molecular weight excluding hydrogens is 387 g/mol. The first kappa shape index (κ1) is 17.6. The van der Waals surface area contributed by atoms with Crippen molar-refractivity contribution in [2.75, 3.05) is 0 Å². The molecule has 2 nitrogen and oxygen atoms in total. The van der Waals surface area contributed by atoms with E-state index in [1.807, 2.05) is 25.1 Å². The van der Waals surface area contributed by atoms with Gasteiger partial charge in [0.2, 0.25) is 0 Å². The Hall–Kier alpha value is -4.11. The molecule has 0 unspecified atom stereocenters. The average Bonchev–Trinajstić information content (AvgIpc) is 2.85. The topological polar surface area (TPSA) is 25.8 Å². The van der Waals surface area contributed by atoms with Crippen LogP contribution in [0.2, 0.25) is 0 Å². The van der Waals surface area contributed by atoms with E-state index >= 15 is 0 Å². The van der Waals surface area contributed by atoms with Crippen LogP contribution in [-0.2, 0) is 0 Å². The summed E-state index contributed by atoms with van der Waals surface area (Å²) < 4.78 is 0. The molecule has 0 aliphatic heterocycles. The molecule has 146 valence electrons. The van der Waals surface area contributed by atoms with Gasteiger partial charge in [0.05, 0.1) is 0 Å². The number of fused-ring (bicyclic) bond motifs is 6. The Bertz CT molecular complexity index is 1820. The Balaban J connectivity index is 1.52. The third-order valence-electron chi connectivity index (χ3n) is 6.39. The van der Waals surface area contributed by atoms with Gasteiger partial charge in [0.15, 0.2) is 0 Å². The van der Waals surface area contributed by atoms with E-state index in [0.717, 1.165) is 22.3 Å². The molecule has 0 bridgehead atoms. The Kier molecular flexibility index (Phi) is 3.68. The number of hydrogen-bond acceptors (Lipinski definition) is 2. The summed E-state index contributed by atoms with van der Waals surface area (Å²) >= 11 is 0. The van der Waals surface area contributed by atoms with E-state index in [0.29, 0.717) is 0 Å². The molecule has 3 heteroatoms. The van der Waals surface area contributed by atoms with E-state index in [1.54, 1.807) is 0 Å². The summed E-state index contributed by atoms with van der Waals surface area (Å²) in [5.74, 6) is 1.93. The first-order valence-electron chi connectivity index (χ1n) is 10.8. The van der Waals surface area contributed by atoms with E-state index in [-0.39, 0.29) is 0 Å². The van der Waals surface area contributed by atoms with Crippen LogP contribution in [0.4, 0.5) is 0 Å². The van der Waals surface area contributed by atoms with Gasteiger partial charge in [-0.15, -0.1) is 0 Å². The van der Waals surface area contributed by atoms with Crippen LogP contribution in [0, 0.1) is 0 Å². The molecule has 0 spiro atoms. The number of hydrogen-bond donors (Lipinski definition) is 0. The molecule has 0 saturated carbocycles. The van der Waals surface area contributed by atoms with Gasteiger partial charge in [-0.05, 0) is 5.39 Å². The van der Waals surface area contributed by atoms with Gasteiger partial charge in [-0.25, -0.2) is 0 Å². The predicted molar refractivity (Wildman–Crippen MR) is 136 cm³/mol. The van der Waals surface area contributed by atoms with Gasteiger partial charge in [-0.3, -0.25) is 0 Å². The fourth-order valence-corrected chi connectivity index (χ4v) is 4.78. The molecule has 0 N–H and O–H groups in total. The van der Waals surface area contributed by atoms with Crippen molar-refractivity contribution in [3.05, 3.63) is 103 Å². The molecule has 0 radical (unpaired) electrons. The van der Waals surface area contributed by atoms with Crippen molar-refractivity contribution in [2.24, 2.45) is 0 Å². The second kappa shape index (κ2) is 6.70. The van der Waals surface area contributed by atoms with Crippen molar-refractivity contribution in [3.8, 4) is 11.4 Å². The minimum atomic E-state index is 0.894. The number of nitrogens with zero attached hydrogens (tertiary/aromatic N) is 2. The van der Waals surface area contributed by atoms with Crippen molar-refractivity contribution in [1.29, 1.82) is 0 Å². The van der Waals surface area contributed by atoms with Crippen LogP contribution >= 0.6 is 0 Å². The summed E-state index contributed by atoms with van der Waals surface area (Å²) in [6, 6.07) is 34.9. The third kappa shape index (κ3) is 2.71. The molecular formula is C29H17BN2. The van der Waals surface area contributed by atoms with E-state index in [4.69, 9.17) is 4.98 Å². The van der Waals surface area contributed by atoms with Crippen molar-refractivity contribution < 1.29 is 0 Å². The fraction of sp³-hybridized carbons (Fsp3) is 0. The minimum absolute atomic E-state index is 0.894. The van der Waals surface area contributed by atoms with Gasteiger partial charge in [-0.2, -0.15) is 0 Å². The number of aromatic nitrogens is 2. The number of benzene rings is 5. The second-order valence-electron chi connectivity index (χ2n) is 8.36. The van der Waals surface area contributed by atoms with Gasteiger partial charge >= 0.3 is 156 Å². The van der Waals surface area contributed by atoms with Crippen LogP contribution in [0.5, 0.6) is 0 Å². The van der Waals surface area contributed by atoms with Gasteiger partial charge in [-0.1, -0.05) is 24.3 Å². The normalized spacial score (nSPS) is 11.6. The predicted octanol–water partition coefficient (Wildman–Crippen LogP) is 7.25. The van der Waals surface area contributed by atoms with E-state index in [1.165, 1.54) is 43.1 Å². The van der Waals surface area contributed by atoms with E-state index in [9.17, 15) is 0 Å². The maximum absolute atomic E-state index is 4.94. The van der Waals surface area contributed by atoms with Crippen LogP contribution in [0.3, 0.4) is 0 Å². The van der Waals surface area contributed by atoms with Crippen molar-refractivity contribution in [2.45, 2.75) is 0 Å². The maximum atomic E-state index is 4.94. The Morgan fingerprint density at radius 2 is 1.12 bits per heavy atom. The summed E-state index contributed by atoms with van der Waals surface area (Å²) in [5.41, 5.74) is 2.78. The molecule has 7 rings (SSSR count). The second-order valence-corrected chi connectivity index (χ2v) is 8.36. The molecule has 0 fully saturated rings. The zero-order chi connectivity index (χ0) is 21.1. The van der Waals surface area contributed by atoms with Gasteiger partial charge in [0.25, 0.3) is 0 Å². The number of pyridine rings is 1. The zero-order valence-corrected chi connectivity index (χ0v) is 17.3. The summed E-state index contributed by atoms with van der Waals surface area (Å²) in [7, 11) is 1.81. The first-order chi connectivity index (χ1) is 15.8. The monoisotopic (exact) mass is 404 g/mol. The third-order valence-corrected chi connectivity index (χ3v) is 6.39. The Labute approximate surface area is 185 Å². The SMILES string of the molecule is b1cccc(-c2ccc3cc4ccc5cc6cc7ccccc7cc6cc5c4cc3n2)n1. The van der Waals surface area contributed by atoms with E-state index < -0.39 is 0 Å². The van der Waals surface area contributed by atoms with Crippen LogP contribution in [0.15, 0.2) is 103 Å². The molecule has 0 atom stereocenters. The van der Waals surface area contributed by atoms with Crippen molar-refractivity contribution >= 4 is 61.0 Å². The van der Waals surface area contributed by atoms with Gasteiger partial charge < -0.3 is 0 Å². The molecule has 2 heterocycles. The Morgan fingerprint density at radius 3 is 1.88 bits per heavy atom. The van der Waals surface area contributed by atoms with Crippen LogP contribution in [0.1, 0.15) is 0 Å². The summed E-state index contributed by atoms with van der Waals surface area (Å²) in [5, 5.41) is 11.2. The van der Waals surface area contributed by atoms with Crippen LogP contribution < -0.4 is 0 Å². The van der Waals surface area contributed by atoms with E-state index in [2.05, 4.69) is 89.8 Å². The average molecular weight is 404 g/mol. The molecule has 5 aromatic carbocycles. The molecule has 32 heavy (non-hydrogen) atoms. The summed E-state index contributed by atoms with van der Waals surface area (Å²) in [6.45, 7) is 0. The quantitative estimate of drug-likeness (QED) is 0.213. The molecule has 0 aliphatic rings. The molecule has 0 aliphatic carbocycles. The molecule has 0 amide bonds. The van der Waals surface area contributed by atoms with Crippen LogP contribution in [0.25, 0.3) is 65.4 Å². The summed E-state index contributed by atoms with van der Waals surface area (Å²) in [4.78, 5) is 9.41. The number of rotatable bonds is 1. The first-order valence-corrected chi connectivity index (χ1v) is 10.8. The standard InChI is InChI=1S/C29H17BN2/c1-2-5-19-13-24-16-25-21(15-23(24)12-18(19)4-1)8-7-20-14-22-9-10-27(28-6-3-11-30-32-28)31-29(22)17-26(20)25/h1-17H. The van der Waals surface area contributed by atoms with Gasteiger partial charge in [0, 0.05) is 0 Å². The van der Waals surface area contributed by atoms with Gasteiger partial charge in [0.1, 0.15) is 0 Å². The van der Waals surface area contributed by atoms with Crippen molar-refractivity contribution in [3.63, 3.8) is 0 Å². The fourth-order valence-electron chi connectivity index (χ4n) is 4.78. The van der Waals surface area contributed by atoms with Crippen molar-refractivity contribution in [1.82, 2.24) is 9.88 Å².